The minimum absolute atomic E-state index is 0.0297. The van der Waals surface area contributed by atoms with Crippen LogP contribution in [-0.2, 0) is 6.54 Å². The lowest BCUT2D eigenvalue weighted by Gasteiger charge is -2.42. The Morgan fingerprint density at radius 1 is 1.47 bits per heavy atom. The first-order valence-corrected chi connectivity index (χ1v) is 10.6. The van der Waals surface area contributed by atoms with Crippen LogP contribution in [0, 0.1) is 10.1 Å². The van der Waals surface area contributed by atoms with Gasteiger partial charge in [0.05, 0.1) is 6.54 Å². The van der Waals surface area contributed by atoms with Crippen LogP contribution < -0.4 is 4.74 Å². The predicted octanol–water partition coefficient (Wildman–Crippen LogP) is 3.36. The Kier molecular flexibility index (Phi) is 6.07. The summed E-state index contributed by atoms with van der Waals surface area (Å²) in [5, 5.41) is 21.1. The number of ether oxygens (including phenoxy) is 1. The molecule has 4 rings (SSSR count). The van der Waals surface area contributed by atoms with E-state index >= 15 is 0 Å². The molecular formula is C21H24ClN5O5. The second kappa shape index (κ2) is 8.79. The van der Waals surface area contributed by atoms with Gasteiger partial charge in [0.25, 0.3) is 0 Å². The minimum Gasteiger partial charge on any atom is -0.465 e. The highest BCUT2D eigenvalue weighted by Gasteiger charge is 2.43. The fraction of sp³-hybridized carbons (Fsp3) is 0.429. The van der Waals surface area contributed by atoms with E-state index in [1.807, 2.05) is 43.3 Å². The van der Waals surface area contributed by atoms with Crippen molar-refractivity contribution in [3.05, 3.63) is 57.2 Å². The molecule has 1 aromatic carbocycles. The standard InChI is InChI=1S/C21H24ClN5O5/c1-21(14-26-12-18(27(30)31)23-19(26)32-21)13-25-9-8-24(20(28)29)11-17(25)7-3-5-15-4-2-6-16(22)10-15/h2-6,10,12,17H,7-9,11,13-14H2,1H3,(H,28,29)/t17?,21-/m0/s1. The van der Waals surface area contributed by atoms with Gasteiger partial charge in [-0.15, -0.1) is 0 Å². The summed E-state index contributed by atoms with van der Waals surface area (Å²) in [5.74, 6) is -0.235. The number of rotatable bonds is 6. The fourth-order valence-corrected chi connectivity index (χ4v) is 4.46. The molecule has 0 radical (unpaired) electrons. The molecule has 170 valence electrons. The van der Waals surface area contributed by atoms with E-state index in [9.17, 15) is 20.0 Å². The van der Waals surface area contributed by atoms with Crippen molar-refractivity contribution in [1.29, 1.82) is 0 Å². The fourth-order valence-electron chi connectivity index (χ4n) is 4.26. The van der Waals surface area contributed by atoms with Crippen molar-refractivity contribution in [2.45, 2.75) is 31.5 Å². The number of carbonyl (C=O) groups is 1. The smallest absolute Gasteiger partial charge is 0.415 e. The lowest BCUT2D eigenvalue weighted by molar-refractivity contribution is -0.389. The molecule has 10 nitrogen and oxygen atoms in total. The first-order valence-electron chi connectivity index (χ1n) is 10.3. The maximum absolute atomic E-state index is 11.5. The van der Waals surface area contributed by atoms with E-state index in [-0.39, 0.29) is 17.9 Å². The molecule has 0 aliphatic carbocycles. The van der Waals surface area contributed by atoms with Crippen LogP contribution in [0.4, 0.5) is 10.6 Å². The largest absolute Gasteiger partial charge is 0.465 e. The molecule has 1 unspecified atom stereocenters. The summed E-state index contributed by atoms with van der Waals surface area (Å²) < 4.78 is 7.63. The van der Waals surface area contributed by atoms with Crippen molar-refractivity contribution in [2.75, 3.05) is 26.2 Å². The Morgan fingerprint density at radius 3 is 2.97 bits per heavy atom. The molecule has 1 fully saturated rings. The molecule has 3 heterocycles. The summed E-state index contributed by atoms with van der Waals surface area (Å²) in [6, 6.07) is 7.73. The number of aromatic nitrogens is 2. The van der Waals surface area contributed by atoms with E-state index in [2.05, 4.69) is 9.88 Å². The number of carboxylic acid groups (broad SMARTS) is 1. The third-order valence-corrected chi connectivity index (χ3v) is 5.97. The zero-order chi connectivity index (χ0) is 22.9. The van der Waals surface area contributed by atoms with Gasteiger partial charge in [-0.3, -0.25) is 9.47 Å². The van der Waals surface area contributed by atoms with E-state index in [0.717, 1.165) is 5.56 Å². The van der Waals surface area contributed by atoms with Crippen molar-refractivity contribution in [1.82, 2.24) is 19.4 Å². The second-order valence-corrected chi connectivity index (χ2v) is 8.80. The Morgan fingerprint density at radius 2 is 2.28 bits per heavy atom. The van der Waals surface area contributed by atoms with Crippen molar-refractivity contribution in [3.8, 4) is 6.01 Å². The number of halogens is 1. The second-order valence-electron chi connectivity index (χ2n) is 8.36. The lowest BCUT2D eigenvalue weighted by Crippen LogP contribution is -2.58. The van der Waals surface area contributed by atoms with Gasteiger partial charge in [-0.25, -0.2) is 4.79 Å². The first kappa shape index (κ1) is 22.1. The van der Waals surface area contributed by atoms with E-state index in [1.165, 1.54) is 11.1 Å². The van der Waals surface area contributed by atoms with Crippen molar-refractivity contribution in [2.24, 2.45) is 0 Å². The molecule has 11 heteroatoms. The summed E-state index contributed by atoms with van der Waals surface area (Å²) >= 11 is 6.04. The maximum atomic E-state index is 11.5. The number of amides is 1. The van der Waals surface area contributed by atoms with Gasteiger partial charge in [0.15, 0.2) is 0 Å². The van der Waals surface area contributed by atoms with E-state index in [1.54, 1.807) is 4.57 Å². The topological polar surface area (TPSA) is 114 Å². The molecular weight excluding hydrogens is 438 g/mol. The highest BCUT2D eigenvalue weighted by molar-refractivity contribution is 6.30. The number of nitro groups is 1. The van der Waals surface area contributed by atoms with Gasteiger partial charge in [0.1, 0.15) is 11.8 Å². The molecule has 2 aromatic rings. The number of fused-ring (bicyclic) bond motifs is 1. The Labute approximate surface area is 189 Å². The molecule has 1 saturated heterocycles. The Bertz CT molecular complexity index is 1030. The summed E-state index contributed by atoms with van der Waals surface area (Å²) in [6.07, 6.45) is 5.12. The molecule has 2 aliphatic rings. The first-order chi connectivity index (χ1) is 15.2. The lowest BCUT2D eigenvalue weighted by atomic mass is 10.0. The predicted molar refractivity (Wildman–Crippen MR) is 118 cm³/mol. The zero-order valence-electron chi connectivity index (χ0n) is 17.6. The molecule has 1 amide bonds. The van der Waals surface area contributed by atoms with Crippen LogP contribution in [-0.4, -0.2) is 73.3 Å². The molecule has 0 saturated carbocycles. The number of piperazine rings is 1. The number of imidazole rings is 1. The van der Waals surface area contributed by atoms with Gasteiger partial charge < -0.3 is 24.9 Å². The van der Waals surface area contributed by atoms with Crippen molar-refractivity contribution >= 4 is 29.6 Å². The monoisotopic (exact) mass is 461 g/mol. The highest BCUT2D eigenvalue weighted by atomic mass is 35.5. The van der Waals surface area contributed by atoms with E-state index in [0.29, 0.717) is 44.2 Å². The molecule has 32 heavy (non-hydrogen) atoms. The Balaban J connectivity index is 1.45. The van der Waals surface area contributed by atoms with E-state index in [4.69, 9.17) is 16.3 Å². The zero-order valence-corrected chi connectivity index (χ0v) is 18.3. The van der Waals surface area contributed by atoms with Crippen molar-refractivity contribution in [3.63, 3.8) is 0 Å². The van der Waals surface area contributed by atoms with Crippen LogP contribution >= 0.6 is 11.6 Å². The van der Waals surface area contributed by atoms with Gasteiger partial charge in [0.2, 0.25) is 0 Å². The normalized spacial score (nSPS) is 23.3. The van der Waals surface area contributed by atoms with Crippen LogP contribution in [0.3, 0.4) is 0 Å². The summed E-state index contributed by atoms with van der Waals surface area (Å²) in [4.78, 5) is 29.5. The third kappa shape index (κ3) is 4.86. The number of nitrogens with zero attached hydrogens (tertiary/aromatic N) is 5. The van der Waals surface area contributed by atoms with Crippen LogP contribution in [0.5, 0.6) is 6.01 Å². The number of hydrogen-bond acceptors (Lipinski definition) is 6. The van der Waals surface area contributed by atoms with Crippen LogP contribution in [0.25, 0.3) is 6.08 Å². The molecule has 0 bridgehead atoms. The number of benzene rings is 1. The van der Waals surface area contributed by atoms with Gasteiger partial charge in [-0.2, -0.15) is 0 Å². The molecule has 2 aliphatic heterocycles. The maximum Gasteiger partial charge on any atom is 0.415 e. The average Bonchev–Trinajstić information content (AvgIpc) is 3.24. The van der Waals surface area contributed by atoms with Gasteiger partial charge >= 0.3 is 17.9 Å². The van der Waals surface area contributed by atoms with E-state index < -0.39 is 16.6 Å². The molecule has 1 N–H and O–H groups in total. The van der Waals surface area contributed by atoms with Gasteiger partial charge in [0, 0.05) is 42.2 Å². The molecule has 2 atom stereocenters. The average molecular weight is 462 g/mol. The quantitative estimate of drug-likeness (QED) is 0.518. The van der Waals surface area contributed by atoms with Crippen LogP contribution in [0.15, 0.2) is 36.5 Å². The van der Waals surface area contributed by atoms with Crippen molar-refractivity contribution < 1.29 is 19.6 Å². The molecule has 1 aromatic heterocycles. The van der Waals surface area contributed by atoms with Gasteiger partial charge in [-0.1, -0.05) is 35.9 Å². The summed E-state index contributed by atoms with van der Waals surface area (Å²) in [7, 11) is 0. The minimum atomic E-state index is -0.927. The van der Waals surface area contributed by atoms with Gasteiger partial charge in [-0.05, 0) is 36.0 Å². The highest BCUT2D eigenvalue weighted by Crippen LogP contribution is 2.32. The SMILES string of the molecule is C[C@]1(CN2CCN(C(=O)O)CC2CC=Cc2cccc(Cl)c2)Cn2cc([N+](=O)[O-])nc2O1. The number of hydrogen-bond donors (Lipinski definition) is 1. The third-order valence-electron chi connectivity index (χ3n) is 5.74. The summed E-state index contributed by atoms with van der Waals surface area (Å²) in [6.45, 7) is 4.30. The van der Waals surface area contributed by atoms with Crippen LogP contribution in [0.2, 0.25) is 5.02 Å². The Hall–Kier alpha value is -3.11. The molecule has 0 spiro atoms. The van der Waals surface area contributed by atoms with Crippen LogP contribution in [0.1, 0.15) is 18.9 Å². The summed E-state index contributed by atoms with van der Waals surface area (Å²) in [5.41, 5.74) is 0.366.